The molecule has 1 aliphatic heterocycles. The molecule has 1 aliphatic rings. The number of benzene rings is 1. The molecular weight excluding hydrogens is 500 g/mol. The van der Waals surface area contributed by atoms with Gasteiger partial charge in [0.15, 0.2) is 0 Å². The minimum atomic E-state index is -0.923. The second kappa shape index (κ2) is 9.79. The van der Waals surface area contributed by atoms with Crippen LogP contribution in [0.2, 0.25) is 0 Å². The molecule has 10 heteroatoms. The first-order chi connectivity index (χ1) is 18.2. The van der Waals surface area contributed by atoms with Crippen LogP contribution in [0.3, 0.4) is 0 Å². The van der Waals surface area contributed by atoms with Gasteiger partial charge < -0.3 is 15.0 Å². The number of hydrogen-bond donors (Lipinski definition) is 1. The van der Waals surface area contributed by atoms with Crippen LogP contribution in [0.25, 0.3) is 17.3 Å². The maximum Gasteiger partial charge on any atom is 0.253 e. The molecule has 192 valence electrons. The number of hydrogen-bond acceptors (Lipinski definition) is 8. The Labute approximate surface area is 224 Å². The molecule has 0 saturated heterocycles. The van der Waals surface area contributed by atoms with E-state index in [0.29, 0.717) is 33.8 Å². The van der Waals surface area contributed by atoms with Crippen molar-refractivity contribution in [3.63, 3.8) is 0 Å². The molecule has 0 aliphatic carbocycles. The van der Waals surface area contributed by atoms with E-state index in [1.165, 1.54) is 16.2 Å². The number of aromatic nitrogens is 4. The molecule has 0 spiro atoms. The minimum Gasteiger partial charge on any atom is -0.420 e. The number of amides is 2. The Morgan fingerprint density at radius 3 is 2.34 bits per heavy atom. The van der Waals surface area contributed by atoms with Gasteiger partial charge in [-0.15, -0.1) is 10.2 Å². The highest BCUT2D eigenvalue weighted by Crippen LogP contribution is 2.51. The number of fused-ring (bicyclic) bond motifs is 2. The summed E-state index contributed by atoms with van der Waals surface area (Å²) in [6.45, 7) is 7.56. The molecule has 0 radical (unpaired) electrons. The lowest BCUT2D eigenvalue weighted by Gasteiger charge is -2.37. The number of pyridine rings is 2. The van der Waals surface area contributed by atoms with Crippen LogP contribution >= 0.6 is 11.3 Å². The zero-order chi connectivity index (χ0) is 27.0. The number of anilines is 1. The summed E-state index contributed by atoms with van der Waals surface area (Å²) in [4.78, 5) is 36.7. The van der Waals surface area contributed by atoms with Crippen LogP contribution in [0, 0.1) is 5.41 Å². The average molecular weight is 527 g/mol. The first-order valence-corrected chi connectivity index (χ1v) is 12.8. The van der Waals surface area contributed by atoms with Crippen molar-refractivity contribution in [1.29, 1.82) is 0 Å². The standard InChI is InChI=1S/C28H26N6O3S/c1-6-18-11-12-19-22(28(2,3)26(36)32-27-33-29-15-38-27)20-13-14-21(31-24(20)37-23(19)30-18)16-7-9-17(10-8-16)25(35)34(4)5/h6-15,22H,1H2,2-5H3,(H,32,33,36). The third-order valence-corrected chi connectivity index (χ3v) is 7.15. The van der Waals surface area contributed by atoms with E-state index in [2.05, 4.69) is 27.1 Å². The van der Waals surface area contributed by atoms with Gasteiger partial charge in [0.2, 0.25) is 22.8 Å². The largest absolute Gasteiger partial charge is 0.420 e. The van der Waals surface area contributed by atoms with Gasteiger partial charge in [-0.3, -0.25) is 9.59 Å². The zero-order valence-electron chi connectivity index (χ0n) is 21.4. The molecule has 38 heavy (non-hydrogen) atoms. The van der Waals surface area contributed by atoms with Crippen molar-refractivity contribution < 1.29 is 14.3 Å². The molecular formula is C28H26N6O3S. The molecule has 1 N–H and O–H groups in total. The zero-order valence-corrected chi connectivity index (χ0v) is 22.2. The summed E-state index contributed by atoms with van der Waals surface area (Å²) in [5, 5.41) is 11.1. The molecule has 0 saturated carbocycles. The van der Waals surface area contributed by atoms with Crippen LogP contribution in [-0.2, 0) is 4.79 Å². The Morgan fingerprint density at radius 1 is 1.03 bits per heavy atom. The van der Waals surface area contributed by atoms with Crippen LogP contribution in [0.15, 0.2) is 60.6 Å². The van der Waals surface area contributed by atoms with Crippen LogP contribution in [0.1, 0.15) is 46.9 Å². The summed E-state index contributed by atoms with van der Waals surface area (Å²) in [5.74, 6) is 0.0707. The van der Waals surface area contributed by atoms with Gasteiger partial charge in [-0.05, 0) is 30.3 Å². The van der Waals surface area contributed by atoms with Gasteiger partial charge in [-0.25, -0.2) is 9.97 Å². The van der Waals surface area contributed by atoms with Gasteiger partial charge in [0.1, 0.15) is 5.51 Å². The fourth-order valence-corrected chi connectivity index (χ4v) is 4.93. The lowest BCUT2D eigenvalue weighted by atomic mass is 9.70. The molecule has 3 aromatic heterocycles. The number of carbonyl (C=O) groups excluding carboxylic acids is 2. The predicted octanol–water partition coefficient (Wildman–Crippen LogP) is 5.24. The Kier molecular flexibility index (Phi) is 6.50. The fourth-order valence-electron chi connectivity index (χ4n) is 4.49. The van der Waals surface area contributed by atoms with Crippen molar-refractivity contribution in [3.8, 4) is 23.0 Å². The molecule has 1 atom stereocenters. The quantitative estimate of drug-likeness (QED) is 0.366. The van der Waals surface area contributed by atoms with E-state index in [9.17, 15) is 9.59 Å². The Hall–Kier alpha value is -4.44. The van der Waals surface area contributed by atoms with Crippen LogP contribution < -0.4 is 10.1 Å². The normalized spacial score (nSPS) is 14.1. The summed E-state index contributed by atoms with van der Waals surface area (Å²) in [6.07, 6.45) is 1.64. The maximum atomic E-state index is 13.5. The van der Waals surface area contributed by atoms with Crippen LogP contribution in [0.5, 0.6) is 11.8 Å². The monoisotopic (exact) mass is 526 g/mol. The van der Waals surface area contributed by atoms with Gasteiger partial charge in [-0.1, -0.05) is 56.0 Å². The molecule has 2 amide bonds. The van der Waals surface area contributed by atoms with Crippen molar-refractivity contribution in [2.45, 2.75) is 19.8 Å². The molecule has 1 unspecified atom stereocenters. The Balaban J connectivity index is 1.56. The fraction of sp³-hybridized carbons (Fsp3) is 0.214. The van der Waals surface area contributed by atoms with E-state index in [1.54, 1.807) is 37.8 Å². The highest BCUT2D eigenvalue weighted by molar-refractivity contribution is 7.13. The molecule has 0 fully saturated rings. The first-order valence-electron chi connectivity index (χ1n) is 11.9. The van der Waals surface area contributed by atoms with E-state index >= 15 is 0 Å². The van der Waals surface area contributed by atoms with Crippen LogP contribution in [-0.4, -0.2) is 51.0 Å². The SMILES string of the molecule is C=Cc1ccc2c(n1)Oc1nc(-c3ccc(C(=O)N(C)C)cc3)ccc1C2C(C)(C)C(=O)Nc1nncs1. The number of nitrogens with zero attached hydrogens (tertiary/aromatic N) is 5. The number of carbonyl (C=O) groups is 2. The summed E-state index contributed by atoms with van der Waals surface area (Å²) in [7, 11) is 3.43. The average Bonchev–Trinajstić information content (AvgIpc) is 3.43. The first kappa shape index (κ1) is 25.2. The van der Waals surface area contributed by atoms with Crippen molar-refractivity contribution in [3.05, 3.63) is 83.0 Å². The minimum absolute atomic E-state index is 0.0733. The lowest BCUT2D eigenvalue weighted by Crippen LogP contribution is -2.38. The topological polar surface area (TPSA) is 110 Å². The summed E-state index contributed by atoms with van der Waals surface area (Å²) >= 11 is 1.26. The molecule has 1 aromatic carbocycles. The second-order valence-corrected chi connectivity index (χ2v) is 10.5. The van der Waals surface area contributed by atoms with E-state index in [0.717, 1.165) is 16.7 Å². The summed E-state index contributed by atoms with van der Waals surface area (Å²) in [6, 6.07) is 14.9. The third kappa shape index (κ3) is 4.54. The van der Waals surface area contributed by atoms with Crippen molar-refractivity contribution in [1.82, 2.24) is 25.1 Å². The summed E-state index contributed by atoms with van der Waals surface area (Å²) < 4.78 is 6.20. The van der Waals surface area contributed by atoms with Gasteiger partial charge in [-0.2, -0.15) is 0 Å². The molecule has 5 rings (SSSR count). The van der Waals surface area contributed by atoms with Gasteiger partial charge in [0.25, 0.3) is 5.91 Å². The van der Waals surface area contributed by atoms with Gasteiger partial charge in [0.05, 0.1) is 16.8 Å². The number of ether oxygens (including phenoxy) is 1. The molecule has 0 bridgehead atoms. The number of rotatable bonds is 6. The lowest BCUT2D eigenvalue weighted by molar-refractivity contribution is -0.124. The Bertz CT molecular complexity index is 1530. The highest BCUT2D eigenvalue weighted by Gasteiger charge is 2.45. The number of nitrogens with one attached hydrogen (secondary N) is 1. The van der Waals surface area contributed by atoms with Crippen molar-refractivity contribution in [2.24, 2.45) is 5.41 Å². The molecule has 9 nitrogen and oxygen atoms in total. The summed E-state index contributed by atoms with van der Waals surface area (Å²) in [5.41, 5.74) is 4.93. The van der Waals surface area contributed by atoms with Crippen molar-refractivity contribution in [2.75, 3.05) is 19.4 Å². The van der Waals surface area contributed by atoms with Gasteiger partial charge >= 0.3 is 0 Å². The molecule has 4 aromatic rings. The maximum absolute atomic E-state index is 13.5. The highest BCUT2D eigenvalue weighted by atomic mass is 32.1. The van der Waals surface area contributed by atoms with Gasteiger partial charge in [0, 0.05) is 42.3 Å². The molecule has 4 heterocycles. The van der Waals surface area contributed by atoms with Crippen molar-refractivity contribution >= 4 is 34.4 Å². The van der Waals surface area contributed by atoms with E-state index in [-0.39, 0.29) is 11.8 Å². The Morgan fingerprint density at radius 2 is 1.71 bits per heavy atom. The van der Waals surface area contributed by atoms with E-state index in [4.69, 9.17) is 9.72 Å². The van der Waals surface area contributed by atoms with E-state index in [1.807, 2.05) is 50.2 Å². The third-order valence-electron chi connectivity index (χ3n) is 6.55. The second-order valence-electron chi connectivity index (χ2n) is 9.66. The van der Waals surface area contributed by atoms with E-state index < -0.39 is 11.3 Å². The smallest absolute Gasteiger partial charge is 0.253 e. The predicted molar refractivity (Wildman–Crippen MR) is 146 cm³/mol. The van der Waals surface area contributed by atoms with Crippen LogP contribution in [0.4, 0.5) is 5.13 Å².